The molecule has 9 nitrogen and oxygen atoms in total. The van der Waals surface area contributed by atoms with Crippen molar-refractivity contribution in [2.45, 2.75) is 12.3 Å². The molecule has 2 aliphatic heterocycles. The number of primary amides is 1. The molecule has 2 aromatic rings. The minimum Gasteiger partial charge on any atom is -0.493 e. The number of nitrogens with zero attached hydrogens (tertiary/aromatic N) is 2. The van der Waals surface area contributed by atoms with E-state index >= 15 is 0 Å². The molecule has 1 aromatic carbocycles. The average molecular weight is 418 g/mol. The Morgan fingerprint density at radius 1 is 1.38 bits per heavy atom. The van der Waals surface area contributed by atoms with Crippen molar-refractivity contribution >= 4 is 34.1 Å². The molecule has 2 aliphatic rings. The molecule has 1 saturated heterocycles. The van der Waals surface area contributed by atoms with Crippen LogP contribution in [0.15, 0.2) is 18.2 Å². The van der Waals surface area contributed by atoms with Gasteiger partial charge < -0.3 is 30.2 Å². The van der Waals surface area contributed by atoms with Gasteiger partial charge in [0.15, 0.2) is 23.2 Å². The number of methoxy groups -OCH3 is 1. The summed E-state index contributed by atoms with van der Waals surface area (Å²) in [6.07, 6.45) is 0.322. The first-order chi connectivity index (χ1) is 14.0. The van der Waals surface area contributed by atoms with Gasteiger partial charge in [-0.05, 0) is 17.7 Å². The van der Waals surface area contributed by atoms with Gasteiger partial charge in [0.2, 0.25) is 5.91 Å². The number of carbonyl (C=O) groups is 2. The number of thiazole rings is 1. The molecule has 0 unspecified atom stereocenters. The van der Waals surface area contributed by atoms with Crippen LogP contribution in [0.4, 0.5) is 10.9 Å². The van der Waals surface area contributed by atoms with E-state index in [0.717, 1.165) is 28.7 Å². The fraction of sp³-hybridized carbons (Fsp3) is 0.421. The molecule has 4 rings (SSSR count). The molecule has 0 bridgehead atoms. The SMILES string of the molecule is COc1cc([C@@H]2CC(=O)Nc3nc(N4CCOCC4)sc32)ccc1OCC(N)=O. The summed E-state index contributed by atoms with van der Waals surface area (Å²) in [5, 5.41) is 3.77. The van der Waals surface area contributed by atoms with Crippen LogP contribution in [0.5, 0.6) is 11.5 Å². The predicted octanol–water partition coefficient (Wildman–Crippen LogP) is 1.33. The zero-order chi connectivity index (χ0) is 20.4. The van der Waals surface area contributed by atoms with Crippen molar-refractivity contribution < 1.29 is 23.8 Å². The molecule has 1 atom stereocenters. The lowest BCUT2D eigenvalue weighted by Crippen LogP contribution is -2.36. The predicted molar refractivity (Wildman–Crippen MR) is 108 cm³/mol. The van der Waals surface area contributed by atoms with Gasteiger partial charge in [0.1, 0.15) is 5.82 Å². The van der Waals surface area contributed by atoms with E-state index in [2.05, 4.69) is 15.2 Å². The van der Waals surface area contributed by atoms with Crippen molar-refractivity contribution in [2.75, 3.05) is 50.2 Å². The first-order valence-electron chi connectivity index (χ1n) is 9.27. The van der Waals surface area contributed by atoms with Crippen molar-refractivity contribution in [3.63, 3.8) is 0 Å². The van der Waals surface area contributed by atoms with Crippen molar-refractivity contribution in [3.05, 3.63) is 28.6 Å². The number of aromatic nitrogens is 1. The second-order valence-corrected chi connectivity index (χ2v) is 7.79. The zero-order valence-corrected chi connectivity index (χ0v) is 16.8. The number of benzene rings is 1. The highest BCUT2D eigenvalue weighted by atomic mass is 32.1. The number of hydrogen-bond donors (Lipinski definition) is 2. The number of ether oxygens (including phenoxy) is 3. The van der Waals surface area contributed by atoms with Gasteiger partial charge in [-0.2, -0.15) is 0 Å². The highest BCUT2D eigenvalue weighted by molar-refractivity contribution is 7.16. The molecule has 29 heavy (non-hydrogen) atoms. The van der Waals surface area contributed by atoms with E-state index in [9.17, 15) is 9.59 Å². The Bertz CT molecular complexity index is 925. The fourth-order valence-corrected chi connectivity index (χ4v) is 4.64. The monoisotopic (exact) mass is 418 g/mol. The van der Waals surface area contributed by atoms with Gasteiger partial charge in [-0.15, -0.1) is 0 Å². The third-order valence-corrected chi connectivity index (χ3v) is 6.08. The molecule has 3 heterocycles. The van der Waals surface area contributed by atoms with Gasteiger partial charge in [-0.25, -0.2) is 4.98 Å². The van der Waals surface area contributed by atoms with Crippen LogP contribution in [-0.2, 0) is 14.3 Å². The van der Waals surface area contributed by atoms with Crippen molar-refractivity contribution in [1.82, 2.24) is 4.98 Å². The van der Waals surface area contributed by atoms with Crippen LogP contribution >= 0.6 is 11.3 Å². The maximum absolute atomic E-state index is 12.3. The van der Waals surface area contributed by atoms with Crippen LogP contribution in [-0.4, -0.2) is 56.8 Å². The molecule has 154 valence electrons. The summed E-state index contributed by atoms with van der Waals surface area (Å²) in [7, 11) is 1.53. The second-order valence-electron chi connectivity index (χ2n) is 6.78. The van der Waals surface area contributed by atoms with E-state index in [0.29, 0.717) is 37.0 Å². The minimum absolute atomic E-state index is 0.0747. The number of morpholine rings is 1. The smallest absolute Gasteiger partial charge is 0.255 e. The van der Waals surface area contributed by atoms with Crippen molar-refractivity contribution in [1.29, 1.82) is 0 Å². The number of anilines is 2. The van der Waals surface area contributed by atoms with Gasteiger partial charge in [-0.1, -0.05) is 17.4 Å². The lowest BCUT2D eigenvalue weighted by atomic mass is 9.91. The summed E-state index contributed by atoms with van der Waals surface area (Å²) in [6.45, 7) is 2.67. The van der Waals surface area contributed by atoms with E-state index in [1.165, 1.54) is 7.11 Å². The Hall–Kier alpha value is -2.85. The third kappa shape index (κ3) is 4.13. The summed E-state index contributed by atoms with van der Waals surface area (Å²) in [4.78, 5) is 31.1. The number of fused-ring (bicyclic) bond motifs is 1. The number of hydrogen-bond acceptors (Lipinski definition) is 8. The van der Waals surface area contributed by atoms with E-state index < -0.39 is 5.91 Å². The van der Waals surface area contributed by atoms with E-state index in [1.54, 1.807) is 17.4 Å². The summed E-state index contributed by atoms with van der Waals surface area (Å²) >= 11 is 1.59. The average Bonchev–Trinajstić information content (AvgIpc) is 3.16. The minimum atomic E-state index is -0.565. The second kappa shape index (κ2) is 8.26. The fourth-order valence-electron chi connectivity index (χ4n) is 3.44. The van der Waals surface area contributed by atoms with Gasteiger partial charge in [0, 0.05) is 25.4 Å². The quantitative estimate of drug-likeness (QED) is 0.727. The lowest BCUT2D eigenvalue weighted by Gasteiger charge is -2.26. The first-order valence-corrected chi connectivity index (χ1v) is 10.1. The van der Waals surface area contributed by atoms with Crippen molar-refractivity contribution in [2.24, 2.45) is 5.73 Å². The maximum Gasteiger partial charge on any atom is 0.255 e. The normalized spacial score (nSPS) is 18.7. The molecule has 0 radical (unpaired) electrons. The van der Waals surface area contributed by atoms with Gasteiger partial charge in [0.25, 0.3) is 5.91 Å². The molecule has 1 fully saturated rings. The van der Waals surface area contributed by atoms with Crippen LogP contribution < -0.4 is 25.4 Å². The summed E-state index contributed by atoms with van der Waals surface area (Å²) in [6, 6.07) is 5.44. The number of amides is 2. The largest absolute Gasteiger partial charge is 0.493 e. The Balaban J connectivity index is 1.64. The molecule has 0 saturated carbocycles. The van der Waals surface area contributed by atoms with Crippen LogP contribution in [0, 0.1) is 0 Å². The van der Waals surface area contributed by atoms with E-state index in [4.69, 9.17) is 19.9 Å². The first kappa shape index (κ1) is 19.5. The molecule has 1 aromatic heterocycles. The Kier molecular flexibility index (Phi) is 5.54. The number of rotatable bonds is 6. The van der Waals surface area contributed by atoms with Crippen LogP contribution in [0.2, 0.25) is 0 Å². The maximum atomic E-state index is 12.3. The molecular weight excluding hydrogens is 396 g/mol. The summed E-state index contributed by atoms with van der Waals surface area (Å²) < 4.78 is 16.2. The molecule has 0 spiro atoms. The molecule has 2 amide bonds. The summed E-state index contributed by atoms with van der Waals surface area (Å²) in [5.41, 5.74) is 6.06. The Morgan fingerprint density at radius 3 is 2.90 bits per heavy atom. The number of carbonyl (C=O) groups excluding carboxylic acids is 2. The highest BCUT2D eigenvalue weighted by Crippen LogP contribution is 2.44. The van der Waals surface area contributed by atoms with Crippen LogP contribution in [0.3, 0.4) is 0 Å². The standard InChI is InChI=1S/C19H22N4O5S/c1-26-14-8-11(2-3-13(14)28-10-15(20)24)12-9-16(25)21-18-17(12)29-19(22-18)23-4-6-27-7-5-23/h2-3,8,12H,4-7,9-10H2,1H3,(H2,20,24)(H,21,25)/t12-/m0/s1. The van der Waals surface area contributed by atoms with Crippen LogP contribution in [0.1, 0.15) is 22.8 Å². The molecule has 10 heteroatoms. The third-order valence-electron chi connectivity index (χ3n) is 4.85. The molecule has 0 aliphatic carbocycles. The lowest BCUT2D eigenvalue weighted by molar-refractivity contribution is -0.120. The zero-order valence-electron chi connectivity index (χ0n) is 16.0. The van der Waals surface area contributed by atoms with Gasteiger partial charge in [0.05, 0.1) is 25.2 Å². The van der Waals surface area contributed by atoms with Crippen molar-refractivity contribution in [3.8, 4) is 11.5 Å². The molecule has 3 N–H and O–H groups in total. The van der Waals surface area contributed by atoms with Crippen LogP contribution in [0.25, 0.3) is 0 Å². The van der Waals surface area contributed by atoms with Gasteiger partial charge >= 0.3 is 0 Å². The molecular formula is C19H22N4O5S. The Labute approximate surface area is 171 Å². The van der Waals surface area contributed by atoms with E-state index in [-0.39, 0.29) is 18.4 Å². The topological polar surface area (TPSA) is 116 Å². The van der Waals surface area contributed by atoms with E-state index in [1.807, 2.05) is 12.1 Å². The number of nitrogens with two attached hydrogens (primary N) is 1. The van der Waals surface area contributed by atoms with Gasteiger partial charge in [-0.3, -0.25) is 9.59 Å². The number of nitrogens with one attached hydrogen (secondary N) is 1. The Morgan fingerprint density at radius 2 is 2.17 bits per heavy atom. The summed E-state index contributed by atoms with van der Waals surface area (Å²) in [5.74, 6) is 0.748. The highest BCUT2D eigenvalue weighted by Gasteiger charge is 2.32.